The molecule has 0 spiro atoms. The van der Waals surface area contributed by atoms with E-state index in [9.17, 15) is 37.8 Å². The molecule has 7 nitrogen and oxygen atoms in total. The average molecular weight is 547 g/mol. The van der Waals surface area contributed by atoms with Gasteiger partial charge in [0, 0.05) is 27.6 Å². The van der Waals surface area contributed by atoms with Crippen LogP contribution in [0.3, 0.4) is 0 Å². The number of hydrogen-bond donors (Lipinski definition) is 1. The first-order valence-electron chi connectivity index (χ1n) is 7.67. The maximum absolute atomic E-state index is 12.6. The molecule has 0 aliphatic rings. The Bertz CT molecular complexity index is 897. The summed E-state index contributed by atoms with van der Waals surface area (Å²) in [6.45, 7) is 0.595. The number of nitrogens with one attached hydrogen (secondary N) is 1. The van der Waals surface area contributed by atoms with E-state index in [2.05, 4.69) is 37.2 Å². The monoisotopic (exact) mass is 545 g/mol. The van der Waals surface area contributed by atoms with Crippen LogP contribution < -0.4 is 5.32 Å². The highest BCUT2D eigenvalue weighted by molar-refractivity contribution is 9.10. The third kappa shape index (κ3) is 7.93. The summed E-state index contributed by atoms with van der Waals surface area (Å²) in [5, 5.41) is 23.2. The SMILES string of the molecule is CC(CNc1cc(Br)ccc1[N+](=O)[O-])C(F)(F)F.O=[N+]([O-])c1ccc(Br)cc1F. The molecule has 29 heavy (non-hydrogen) atoms. The first-order valence-corrected chi connectivity index (χ1v) is 9.25. The van der Waals surface area contributed by atoms with Crippen LogP contribution in [0.5, 0.6) is 0 Å². The molecule has 13 heteroatoms. The quantitative estimate of drug-likeness (QED) is 0.263. The van der Waals surface area contributed by atoms with Crippen LogP contribution in [0.25, 0.3) is 0 Å². The average Bonchev–Trinajstić information content (AvgIpc) is 2.58. The fourth-order valence-corrected chi connectivity index (χ4v) is 2.51. The summed E-state index contributed by atoms with van der Waals surface area (Å²) in [5.74, 6) is -2.42. The zero-order valence-corrected chi connectivity index (χ0v) is 17.7. The van der Waals surface area contributed by atoms with E-state index in [1.165, 1.54) is 24.3 Å². The van der Waals surface area contributed by atoms with Crippen LogP contribution in [0.2, 0.25) is 0 Å². The predicted octanol–water partition coefficient (Wildman–Crippen LogP) is 6.46. The molecule has 1 unspecified atom stereocenters. The Balaban J connectivity index is 0.000000326. The van der Waals surface area contributed by atoms with Crippen molar-refractivity contribution in [3.63, 3.8) is 0 Å². The van der Waals surface area contributed by atoms with Gasteiger partial charge in [0.25, 0.3) is 5.69 Å². The number of alkyl halides is 3. The van der Waals surface area contributed by atoms with Gasteiger partial charge in [-0.15, -0.1) is 0 Å². The van der Waals surface area contributed by atoms with Crippen molar-refractivity contribution in [1.82, 2.24) is 0 Å². The first-order chi connectivity index (χ1) is 13.3. The van der Waals surface area contributed by atoms with Gasteiger partial charge in [0.15, 0.2) is 0 Å². The van der Waals surface area contributed by atoms with E-state index >= 15 is 0 Å². The summed E-state index contributed by atoms with van der Waals surface area (Å²) < 4.78 is 50.6. The molecular weight excluding hydrogens is 534 g/mol. The highest BCUT2D eigenvalue weighted by Crippen LogP contribution is 2.30. The fraction of sp³-hybridized carbons (Fsp3) is 0.250. The molecular formula is C16H13Br2F4N3O4. The number of hydrogen-bond acceptors (Lipinski definition) is 5. The van der Waals surface area contributed by atoms with E-state index in [0.717, 1.165) is 19.1 Å². The number of anilines is 1. The van der Waals surface area contributed by atoms with Crippen LogP contribution in [0.4, 0.5) is 34.6 Å². The van der Waals surface area contributed by atoms with Crippen molar-refractivity contribution in [2.45, 2.75) is 13.1 Å². The largest absolute Gasteiger partial charge is 0.393 e. The molecule has 0 saturated carbocycles. The lowest BCUT2D eigenvalue weighted by molar-refractivity contribution is -0.387. The Morgan fingerprint density at radius 1 is 1.00 bits per heavy atom. The van der Waals surface area contributed by atoms with Crippen LogP contribution in [0.1, 0.15) is 6.92 Å². The summed E-state index contributed by atoms with van der Waals surface area (Å²) in [5.41, 5.74) is -0.703. The van der Waals surface area contributed by atoms with Crippen molar-refractivity contribution in [2.24, 2.45) is 5.92 Å². The standard InChI is InChI=1S/C10H10BrF3N2O2.C6H3BrFNO2/c1-6(10(12,13)14)5-15-8-4-7(11)2-3-9(8)16(17)18;7-4-1-2-6(9(10)11)5(8)3-4/h2-4,6,15H,5H2,1H3;1-3H. The van der Waals surface area contributed by atoms with Gasteiger partial charge < -0.3 is 5.32 Å². The molecule has 158 valence electrons. The van der Waals surface area contributed by atoms with Crippen LogP contribution in [-0.4, -0.2) is 22.6 Å². The van der Waals surface area contributed by atoms with E-state index in [4.69, 9.17) is 0 Å². The summed E-state index contributed by atoms with van der Waals surface area (Å²) in [7, 11) is 0. The van der Waals surface area contributed by atoms with Crippen molar-refractivity contribution < 1.29 is 27.4 Å². The molecule has 0 radical (unpaired) electrons. The normalized spacial score (nSPS) is 11.8. The maximum Gasteiger partial charge on any atom is 0.393 e. The zero-order chi connectivity index (χ0) is 22.4. The molecule has 2 rings (SSSR count). The minimum absolute atomic E-state index is 0.0606. The molecule has 1 N–H and O–H groups in total. The molecule has 0 amide bonds. The maximum atomic E-state index is 12.6. The van der Waals surface area contributed by atoms with Crippen LogP contribution in [-0.2, 0) is 0 Å². The lowest BCUT2D eigenvalue weighted by Crippen LogP contribution is -2.27. The predicted molar refractivity (Wildman–Crippen MR) is 105 cm³/mol. The van der Waals surface area contributed by atoms with Crippen molar-refractivity contribution in [3.05, 3.63) is 71.4 Å². The molecule has 0 aliphatic carbocycles. The van der Waals surface area contributed by atoms with Gasteiger partial charge in [-0.3, -0.25) is 20.2 Å². The lowest BCUT2D eigenvalue weighted by atomic mass is 10.1. The Morgan fingerprint density at radius 3 is 1.93 bits per heavy atom. The molecule has 0 saturated heterocycles. The number of nitro benzene ring substituents is 2. The molecule has 0 aromatic heterocycles. The van der Waals surface area contributed by atoms with E-state index < -0.39 is 40.0 Å². The smallest absolute Gasteiger partial charge is 0.379 e. The molecule has 0 aliphatic heterocycles. The van der Waals surface area contributed by atoms with E-state index in [0.29, 0.717) is 8.95 Å². The van der Waals surface area contributed by atoms with E-state index in [1.807, 2.05) is 0 Å². The van der Waals surface area contributed by atoms with E-state index in [-0.39, 0.29) is 11.4 Å². The summed E-state index contributed by atoms with van der Waals surface area (Å²) in [6.07, 6.45) is -4.33. The van der Waals surface area contributed by atoms with Gasteiger partial charge in [0.2, 0.25) is 5.82 Å². The van der Waals surface area contributed by atoms with Gasteiger partial charge in [0.1, 0.15) is 5.69 Å². The Kier molecular flexibility index (Phi) is 8.95. The summed E-state index contributed by atoms with van der Waals surface area (Å²) >= 11 is 6.09. The number of rotatable bonds is 5. The Labute approximate surface area is 178 Å². The molecule has 0 heterocycles. The molecule has 0 bridgehead atoms. The van der Waals surface area contributed by atoms with Gasteiger partial charge in [-0.05, 0) is 24.3 Å². The summed E-state index contributed by atoms with van der Waals surface area (Å²) in [6, 6.07) is 7.64. The second kappa shape index (κ2) is 10.5. The highest BCUT2D eigenvalue weighted by atomic mass is 79.9. The molecule has 2 aromatic carbocycles. The number of halogens is 6. The Morgan fingerprint density at radius 2 is 1.48 bits per heavy atom. The van der Waals surface area contributed by atoms with Gasteiger partial charge in [0.05, 0.1) is 15.8 Å². The second-order valence-corrected chi connectivity index (χ2v) is 7.43. The van der Waals surface area contributed by atoms with Crippen LogP contribution in [0, 0.1) is 32.0 Å². The first kappa shape index (κ1) is 24.8. The fourth-order valence-electron chi connectivity index (χ4n) is 1.82. The van der Waals surface area contributed by atoms with Gasteiger partial charge in [-0.1, -0.05) is 38.8 Å². The van der Waals surface area contributed by atoms with E-state index in [1.54, 1.807) is 0 Å². The number of nitrogens with zero attached hydrogens (tertiary/aromatic N) is 2. The number of nitro groups is 2. The molecule has 1 atom stereocenters. The lowest BCUT2D eigenvalue weighted by Gasteiger charge is -2.16. The zero-order valence-electron chi connectivity index (χ0n) is 14.5. The Hall–Kier alpha value is -2.28. The van der Waals surface area contributed by atoms with Crippen molar-refractivity contribution in [2.75, 3.05) is 11.9 Å². The molecule has 2 aromatic rings. The molecule has 0 fully saturated rings. The summed E-state index contributed by atoms with van der Waals surface area (Å²) in [4.78, 5) is 19.4. The van der Waals surface area contributed by atoms with Crippen LogP contribution >= 0.6 is 31.9 Å². The van der Waals surface area contributed by atoms with Gasteiger partial charge in [-0.2, -0.15) is 17.6 Å². The van der Waals surface area contributed by atoms with Crippen molar-refractivity contribution >= 4 is 48.9 Å². The van der Waals surface area contributed by atoms with Gasteiger partial charge >= 0.3 is 11.9 Å². The topological polar surface area (TPSA) is 98.3 Å². The third-order valence-electron chi connectivity index (χ3n) is 3.42. The number of benzene rings is 2. The van der Waals surface area contributed by atoms with Crippen molar-refractivity contribution in [1.29, 1.82) is 0 Å². The minimum Gasteiger partial charge on any atom is -0.379 e. The second-order valence-electron chi connectivity index (χ2n) is 5.59. The third-order valence-corrected chi connectivity index (χ3v) is 4.41. The highest BCUT2D eigenvalue weighted by Gasteiger charge is 2.35. The van der Waals surface area contributed by atoms with Crippen molar-refractivity contribution in [3.8, 4) is 0 Å². The van der Waals surface area contributed by atoms with Crippen LogP contribution in [0.15, 0.2) is 45.3 Å². The van der Waals surface area contributed by atoms with Gasteiger partial charge in [-0.25, -0.2) is 0 Å². The minimum atomic E-state index is -4.33.